The third kappa shape index (κ3) is 8.14. The van der Waals surface area contributed by atoms with E-state index in [9.17, 15) is 14.4 Å². The summed E-state index contributed by atoms with van der Waals surface area (Å²) < 4.78 is 0. The molecule has 0 saturated carbocycles. The maximum absolute atomic E-state index is 11.8. The second-order valence-electron chi connectivity index (χ2n) is 7.81. The molecule has 5 nitrogen and oxygen atoms in total. The lowest BCUT2D eigenvalue weighted by molar-refractivity contribution is -0.125. The number of aldehydes is 1. The van der Waals surface area contributed by atoms with Crippen molar-refractivity contribution in [3.8, 4) is 0 Å². The van der Waals surface area contributed by atoms with E-state index >= 15 is 0 Å². The number of carbonyl (C=O) groups excluding carboxylic acids is 3. The molecule has 0 aromatic heterocycles. The van der Waals surface area contributed by atoms with Crippen molar-refractivity contribution in [3.63, 3.8) is 0 Å². The second-order valence-corrected chi connectivity index (χ2v) is 7.81. The Labute approximate surface area is 151 Å². The molecule has 0 fully saturated rings. The van der Waals surface area contributed by atoms with Crippen LogP contribution in [0.1, 0.15) is 46.5 Å². The minimum absolute atomic E-state index is 0.129. The van der Waals surface area contributed by atoms with Crippen molar-refractivity contribution < 1.29 is 14.4 Å². The standard InChI is InChI=1S/C20H32N2O3/c1-17(8-5-12-22-13-6-9-19(22)25)16-20(2,3)11-14-21(4)18(24)10-7-15-23/h6-7,9-10,15,17H,5,8,11-14,16H2,1-4H3/b10-7-. The lowest BCUT2D eigenvalue weighted by atomic mass is 9.79. The molecule has 25 heavy (non-hydrogen) atoms. The lowest BCUT2D eigenvalue weighted by Gasteiger charge is -2.30. The van der Waals surface area contributed by atoms with E-state index in [1.807, 2.05) is 11.0 Å². The predicted octanol–water partition coefficient (Wildman–Crippen LogP) is 2.82. The molecule has 0 aliphatic carbocycles. The molecule has 0 saturated heterocycles. The minimum Gasteiger partial charge on any atom is -0.342 e. The molecule has 0 aromatic rings. The molecular weight excluding hydrogens is 316 g/mol. The molecule has 0 N–H and O–H groups in total. The van der Waals surface area contributed by atoms with Crippen LogP contribution in [0.4, 0.5) is 0 Å². The van der Waals surface area contributed by atoms with Crippen molar-refractivity contribution in [3.05, 3.63) is 24.3 Å². The molecule has 1 atom stereocenters. The SMILES string of the molecule is CC(CCCN1CC=CC1=O)CC(C)(C)CCN(C)C(=O)/C=C\C=O. The molecule has 1 heterocycles. The third-order valence-electron chi connectivity index (χ3n) is 4.74. The highest BCUT2D eigenvalue weighted by Gasteiger charge is 2.22. The lowest BCUT2D eigenvalue weighted by Crippen LogP contribution is -2.30. The molecule has 1 aliphatic heterocycles. The van der Waals surface area contributed by atoms with Gasteiger partial charge < -0.3 is 9.80 Å². The van der Waals surface area contributed by atoms with Crippen LogP contribution in [0.3, 0.4) is 0 Å². The largest absolute Gasteiger partial charge is 0.342 e. The maximum atomic E-state index is 11.8. The van der Waals surface area contributed by atoms with Crippen molar-refractivity contribution in [2.45, 2.75) is 46.5 Å². The Bertz CT molecular complexity index is 523. The molecule has 0 radical (unpaired) electrons. The molecule has 0 spiro atoms. The number of allylic oxidation sites excluding steroid dienone is 1. The number of hydrogen-bond acceptors (Lipinski definition) is 3. The first-order valence-corrected chi connectivity index (χ1v) is 9.07. The second kappa shape index (κ2) is 10.2. The van der Waals surface area contributed by atoms with Crippen LogP contribution in [-0.2, 0) is 14.4 Å². The molecule has 0 bridgehead atoms. The summed E-state index contributed by atoms with van der Waals surface area (Å²) in [7, 11) is 1.76. The van der Waals surface area contributed by atoms with Crippen molar-refractivity contribution in [1.82, 2.24) is 9.80 Å². The first kappa shape index (κ1) is 21.1. The summed E-state index contributed by atoms with van der Waals surface area (Å²) >= 11 is 0. The highest BCUT2D eigenvalue weighted by atomic mass is 16.2. The molecule has 1 rings (SSSR count). The molecule has 0 aromatic carbocycles. The minimum atomic E-state index is -0.139. The highest BCUT2D eigenvalue weighted by molar-refractivity contribution is 5.90. The van der Waals surface area contributed by atoms with Crippen LogP contribution in [0.2, 0.25) is 0 Å². The van der Waals surface area contributed by atoms with Crippen LogP contribution in [0.5, 0.6) is 0 Å². The van der Waals surface area contributed by atoms with Gasteiger partial charge in [0.05, 0.1) is 0 Å². The van der Waals surface area contributed by atoms with E-state index in [1.54, 1.807) is 18.0 Å². The van der Waals surface area contributed by atoms with Crippen LogP contribution in [0, 0.1) is 11.3 Å². The predicted molar refractivity (Wildman–Crippen MR) is 100.0 cm³/mol. The zero-order chi connectivity index (χ0) is 18.9. The van der Waals surface area contributed by atoms with Crippen LogP contribution in [0.15, 0.2) is 24.3 Å². The Kier molecular flexibility index (Phi) is 8.59. The van der Waals surface area contributed by atoms with Gasteiger partial charge in [0.25, 0.3) is 0 Å². The highest BCUT2D eigenvalue weighted by Crippen LogP contribution is 2.31. The van der Waals surface area contributed by atoms with E-state index in [1.165, 1.54) is 12.2 Å². The number of nitrogens with zero attached hydrogens (tertiary/aromatic N) is 2. The zero-order valence-corrected chi connectivity index (χ0v) is 16.0. The Morgan fingerprint density at radius 1 is 1.44 bits per heavy atom. The molecular formula is C20H32N2O3. The molecule has 5 heteroatoms. The van der Waals surface area contributed by atoms with Crippen molar-refractivity contribution >= 4 is 18.1 Å². The van der Waals surface area contributed by atoms with Gasteiger partial charge in [-0.15, -0.1) is 0 Å². The first-order chi connectivity index (χ1) is 11.7. The van der Waals surface area contributed by atoms with E-state index < -0.39 is 0 Å². The number of carbonyl (C=O) groups is 3. The van der Waals surface area contributed by atoms with Crippen molar-refractivity contribution in [2.24, 2.45) is 11.3 Å². The summed E-state index contributed by atoms with van der Waals surface area (Å²) in [5.41, 5.74) is 0.146. The Morgan fingerprint density at radius 2 is 2.16 bits per heavy atom. The van der Waals surface area contributed by atoms with E-state index in [0.29, 0.717) is 18.7 Å². The summed E-state index contributed by atoms with van der Waals surface area (Å²) in [6.07, 6.45) is 10.8. The van der Waals surface area contributed by atoms with E-state index in [4.69, 9.17) is 0 Å². The Hall–Kier alpha value is -1.91. The van der Waals surface area contributed by atoms with Gasteiger partial charge in [-0.25, -0.2) is 0 Å². The van der Waals surface area contributed by atoms with Gasteiger partial charge in [-0.05, 0) is 43.1 Å². The van der Waals surface area contributed by atoms with E-state index in [-0.39, 0.29) is 17.2 Å². The monoisotopic (exact) mass is 348 g/mol. The van der Waals surface area contributed by atoms with Gasteiger partial charge >= 0.3 is 0 Å². The van der Waals surface area contributed by atoms with Gasteiger partial charge in [0, 0.05) is 38.8 Å². The summed E-state index contributed by atoms with van der Waals surface area (Å²) in [6, 6.07) is 0. The van der Waals surface area contributed by atoms with Crippen LogP contribution in [0.25, 0.3) is 0 Å². The van der Waals surface area contributed by atoms with Gasteiger partial charge in [0.15, 0.2) is 0 Å². The number of hydrogen-bond donors (Lipinski definition) is 0. The fourth-order valence-electron chi connectivity index (χ4n) is 3.29. The summed E-state index contributed by atoms with van der Waals surface area (Å²) in [6.45, 7) is 8.98. The average Bonchev–Trinajstić information content (AvgIpc) is 2.95. The average molecular weight is 348 g/mol. The van der Waals surface area contributed by atoms with Crippen molar-refractivity contribution in [2.75, 3.05) is 26.7 Å². The smallest absolute Gasteiger partial charge is 0.246 e. The van der Waals surface area contributed by atoms with Gasteiger partial charge in [-0.2, -0.15) is 0 Å². The van der Waals surface area contributed by atoms with Gasteiger partial charge in [-0.1, -0.05) is 26.8 Å². The van der Waals surface area contributed by atoms with Gasteiger partial charge in [-0.3, -0.25) is 14.4 Å². The fourth-order valence-corrected chi connectivity index (χ4v) is 3.29. The summed E-state index contributed by atoms with van der Waals surface area (Å²) in [4.78, 5) is 37.1. The van der Waals surface area contributed by atoms with E-state index in [0.717, 1.165) is 38.8 Å². The van der Waals surface area contributed by atoms with Crippen molar-refractivity contribution in [1.29, 1.82) is 0 Å². The number of rotatable bonds is 11. The zero-order valence-electron chi connectivity index (χ0n) is 16.0. The van der Waals surface area contributed by atoms with E-state index in [2.05, 4.69) is 20.8 Å². The van der Waals surface area contributed by atoms with Crippen LogP contribution in [-0.4, -0.2) is 54.6 Å². The molecule has 2 amide bonds. The summed E-state index contributed by atoms with van der Waals surface area (Å²) in [5, 5.41) is 0. The van der Waals surface area contributed by atoms with Crippen LogP contribution >= 0.6 is 0 Å². The number of amides is 2. The normalized spacial score (nSPS) is 15.8. The first-order valence-electron chi connectivity index (χ1n) is 9.07. The quantitative estimate of drug-likeness (QED) is 0.426. The maximum Gasteiger partial charge on any atom is 0.246 e. The molecule has 1 aliphatic rings. The number of likely N-dealkylation sites (N-methyl/N-ethyl adjacent to an activating group) is 1. The fraction of sp³-hybridized carbons (Fsp3) is 0.650. The van der Waals surface area contributed by atoms with Gasteiger partial charge in [0.2, 0.25) is 11.8 Å². The van der Waals surface area contributed by atoms with Crippen LogP contribution < -0.4 is 0 Å². The topological polar surface area (TPSA) is 57.7 Å². The summed E-state index contributed by atoms with van der Waals surface area (Å²) in [5.74, 6) is 0.570. The molecule has 140 valence electrons. The van der Waals surface area contributed by atoms with Gasteiger partial charge in [0.1, 0.15) is 6.29 Å². The third-order valence-corrected chi connectivity index (χ3v) is 4.74. The Morgan fingerprint density at radius 3 is 2.76 bits per heavy atom. The molecule has 1 unspecified atom stereocenters. The Balaban J connectivity index is 2.28.